The average Bonchev–Trinajstić information content (AvgIpc) is 3.06. The highest BCUT2D eigenvalue weighted by molar-refractivity contribution is 6.07. The molecule has 1 amide bonds. The Bertz CT molecular complexity index is 910. The van der Waals surface area contributed by atoms with Gasteiger partial charge in [0.2, 0.25) is 0 Å². The summed E-state index contributed by atoms with van der Waals surface area (Å²) in [7, 11) is 0. The number of ether oxygens (including phenoxy) is 1. The number of morpholine rings is 1. The van der Waals surface area contributed by atoms with Crippen molar-refractivity contribution in [2.24, 2.45) is 0 Å². The predicted molar refractivity (Wildman–Crippen MR) is 100 cm³/mol. The number of nitrogens with one attached hydrogen (secondary N) is 2. The number of carbonyl (C=O) groups is 1. The van der Waals surface area contributed by atoms with Gasteiger partial charge < -0.3 is 19.9 Å². The number of hydrogen-bond donors (Lipinski definition) is 2. The Kier molecular flexibility index (Phi) is 4.15. The summed E-state index contributed by atoms with van der Waals surface area (Å²) in [5.41, 5.74) is 4.57. The Morgan fingerprint density at radius 3 is 2.76 bits per heavy atom. The van der Waals surface area contributed by atoms with Gasteiger partial charge in [-0.2, -0.15) is 0 Å². The molecule has 0 bridgehead atoms. The second-order valence-electron chi connectivity index (χ2n) is 6.34. The van der Waals surface area contributed by atoms with Crippen LogP contribution in [0.3, 0.4) is 0 Å². The molecule has 1 aromatic heterocycles. The zero-order valence-corrected chi connectivity index (χ0v) is 14.2. The van der Waals surface area contributed by atoms with Crippen molar-refractivity contribution in [3.63, 3.8) is 0 Å². The highest BCUT2D eigenvalue weighted by Gasteiger charge is 2.17. The average molecular weight is 335 g/mol. The molecule has 0 saturated carbocycles. The number of nitrogens with zero attached hydrogens (tertiary/aromatic N) is 1. The molecule has 25 heavy (non-hydrogen) atoms. The van der Waals surface area contributed by atoms with E-state index in [-0.39, 0.29) is 5.91 Å². The van der Waals surface area contributed by atoms with E-state index in [4.69, 9.17) is 4.74 Å². The number of H-pyrrole nitrogens is 1. The summed E-state index contributed by atoms with van der Waals surface area (Å²) < 4.78 is 5.42. The normalized spacial score (nSPS) is 14.7. The lowest BCUT2D eigenvalue weighted by molar-refractivity contribution is 0.102. The quantitative estimate of drug-likeness (QED) is 0.769. The van der Waals surface area contributed by atoms with Crippen LogP contribution in [-0.2, 0) is 4.74 Å². The van der Waals surface area contributed by atoms with E-state index >= 15 is 0 Å². The third-order valence-corrected chi connectivity index (χ3v) is 4.52. The van der Waals surface area contributed by atoms with Crippen LogP contribution in [0.15, 0.2) is 48.5 Å². The highest BCUT2D eigenvalue weighted by Crippen LogP contribution is 2.27. The first-order valence-corrected chi connectivity index (χ1v) is 8.53. The number of aromatic nitrogens is 1. The third-order valence-electron chi connectivity index (χ3n) is 4.52. The van der Waals surface area contributed by atoms with Gasteiger partial charge in [0, 0.05) is 24.0 Å². The maximum Gasteiger partial charge on any atom is 0.272 e. The van der Waals surface area contributed by atoms with Crippen molar-refractivity contribution >= 4 is 28.2 Å². The minimum atomic E-state index is -0.130. The molecule has 0 radical (unpaired) electrons. The van der Waals surface area contributed by atoms with Crippen LogP contribution in [0, 0.1) is 6.92 Å². The van der Waals surface area contributed by atoms with Gasteiger partial charge in [0.25, 0.3) is 5.91 Å². The second kappa shape index (κ2) is 6.61. The van der Waals surface area contributed by atoms with Crippen molar-refractivity contribution in [1.82, 2.24) is 4.98 Å². The molecule has 1 aliphatic rings. The maximum absolute atomic E-state index is 12.7. The lowest BCUT2D eigenvalue weighted by atomic mass is 10.2. The number of aryl methyl sites for hydroxylation is 1. The van der Waals surface area contributed by atoms with E-state index in [1.807, 2.05) is 49.4 Å². The topological polar surface area (TPSA) is 57.4 Å². The van der Waals surface area contributed by atoms with E-state index in [0.29, 0.717) is 18.9 Å². The maximum atomic E-state index is 12.7. The summed E-state index contributed by atoms with van der Waals surface area (Å²) in [5.74, 6) is -0.130. The Morgan fingerprint density at radius 1 is 1.12 bits per heavy atom. The molecule has 0 aliphatic carbocycles. The Hall–Kier alpha value is -2.79. The van der Waals surface area contributed by atoms with Crippen LogP contribution in [-0.4, -0.2) is 37.2 Å². The van der Waals surface area contributed by atoms with Crippen molar-refractivity contribution in [1.29, 1.82) is 0 Å². The number of para-hydroxylation sites is 2. The molecule has 1 fully saturated rings. The van der Waals surface area contributed by atoms with E-state index in [0.717, 1.165) is 35.4 Å². The molecule has 2 N–H and O–H groups in total. The van der Waals surface area contributed by atoms with Crippen LogP contribution >= 0.6 is 0 Å². The van der Waals surface area contributed by atoms with Gasteiger partial charge >= 0.3 is 0 Å². The van der Waals surface area contributed by atoms with Gasteiger partial charge in [-0.25, -0.2) is 0 Å². The van der Waals surface area contributed by atoms with E-state index in [1.54, 1.807) is 0 Å². The molecule has 0 spiro atoms. The molecule has 5 heteroatoms. The van der Waals surface area contributed by atoms with Crippen LogP contribution in [0.1, 0.15) is 16.1 Å². The molecule has 2 aromatic carbocycles. The van der Waals surface area contributed by atoms with E-state index in [2.05, 4.69) is 21.3 Å². The van der Waals surface area contributed by atoms with Crippen molar-refractivity contribution < 1.29 is 9.53 Å². The van der Waals surface area contributed by atoms with E-state index in [1.165, 1.54) is 5.56 Å². The van der Waals surface area contributed by atoms with Gasteiger partial charge in [-0.05, 0) is 37.3 Å². The van der Waals surface area contributed by atoms with Crippen molar-refractivity contribution in [3.05, 3.63) is 59.8 Å². The number of fused-ring (bicyclic) bond motifs is 1. The number of carbonyl (C=O) groups excluding carboxylic acids is 1. The molecule has 2 heterocycles. The first-order valence-electron chi connectivity index (χ1n) is 8.53. The van der Waals surface area contributed by atoms with Crippen LogP contribution in [0.5, 0.6) is 0 Å². The minimum absolute atomic E-state index is 0.130. The molecule has 0 unspecified atom stereocenters. The molecule has 5 nitrogen and oxygen atoms in total. The third kappa shape index (κ3) is 3.23. The fourth-order valence-corrected chi connectivity index (χ4v) is 3.22. The number of rotatable bonds is 3. The van der Waals surface area contributed by atoms with Crippen LogP contribution in [0.4, 0.5) is 11.4 Å². The fourth-order valence-electron chi connectivity index (χ4n) is 3.22. The number of aromatic amines is 1. The first-order chi connectivity index (χ1) is 12.2. The molecule has 3 aromatic rings. The summed E-state index contributed by atoms with van der Waals surface area (Å²) in [4.78, 5) is 18.2. The van der Waals surface area contributed by atoms with Crippen LogP contribution < -0.4 is 10.2 Å². The van der Waals surface area contributed by atoms with Crippen LogP contribution in [0.25, 0.3) is 10.9 Å². The summed E-state index contributed by atoms with van der Waals surface area (Å²) >= 11 is 0. The molecular weight excluding hydrogens is 314 g/mol. The number of hydrogen-bond acceptors (Lipinski definition) is 3. The largest absolute Gasteiger partial charge is 0.378 e. The van der Waals surface area contributed by atoms with Crippen molar-refractivity contribution in [2.75, 3.05) is 36.5 Å². The van der Waals surface area contributed by atoms with Gasteiger partial charge in [-0.1, -0.05) is 23.8 Å². The zero-order valence-electron chi connectivity index (χ0n) is 14.2. The first kappa shape index (κ1) is 15.7. The summed E-state index contributed by atoms with van der Waals surface area (Å²) in [6.07, 6.45) is 0. The van der Waals surface area contributed by atoms with Gasteiger partial charge in [-0.3, -0.25) is 4.79 Å². The molecule has 128 valence electrons. The number of anilines is 2. The van der Waals surface area contributed by atoms with Gasteiger partial charge in [0.15, 0.2) is 0 Å². The monoisotopic (exact) mass is 335 g/mol. The summed E-state index contributed by atoms with van der Waals surface area (Å²) in [6, 6.07) is 15.9. The van der Waals surface area contributed by atoms with E-state index in [9.17, 15) is 4.79 Å². The summed E-state index contributed by atoms with van der Waals surface area (Å²) in [6.45, 7) is 5.13. The van der Waals surface area contributed by atoms with Crippen LogP contribution in [0.2, 0.25) is 0 Å². The standard InChI is InChI=1S/C20H21N3O2/c1-14-6-7-16-15(12-14)13-18(21-16)20(24)22-17-4-2-3-5-19(17)23-8-10-25-11-9-23/h2-7,12-13,21H,8-11H2,1H3,(H,22,24). The summed E-state index contributed by atoms with van der Waals surface area (Å²) in [5, 5.41) is 4.09. The molecule has 4 rings (SSSR count). The highest BCUT2D eigenvalue weighted by atomic mass is 16.5. The smallest absolute Gasteiger partial charge is 0.272 e. The van der Waals surface area contributed by atoms with Crippen molar-refractivity contribution in [3.8, 4) is 0 Å². The predicted octanol–water partition coefficient (Wildman–Crippen LogP) is 3.57. The molecular formula is C20H21N3O2. The zero-order chi connectivity index (χ0) is 17.2. The Balaban J connectivity index is 1.59. The van der Waals surface area contributed by atoms with E-state index < -0.39 is 0 Å². The second-order valence-corrected chi connectivity index (χ2v) is 6.34. The van der Waals surface area contributed by atoms with Gasteiger partial charge in [-0.15, -0.1) is 0 Å². The minimum Gasteiger partial charge on any atom is -0.378 e. The van der Waals surface area contributed by atoms with Gasteiger partial charge in [0.1, 0.15) is 5.69 Å². The molecule has 1 saturated heterocycles. The number of benzene rings is 2. The Labute approximate surface area is 146 Å². The molecule has 0 atom stereocenters. The fraction of sp³-hybridized carbons (Fsp3) is 0.250. The van der Waals surface area contributed by atoms with Gasteiger partial charge in [0.05, 0.1) is 24.6 Å². The lowest BCUT2D eigenvalue weighted by Gasteiger charge is -2.30. The van der Waals surface area contributed by atoms with Crippen molar-refractivity contribution in [2.45, 2.75) is 6.92 Å². The Morgan fingerprint density at radius 2 is 1.92 bits per heavy atom. The molecule has 1 aliphatic heterocycles. The SMILES string of the molecule is Cc1ccc2[nH]c(C(=O)Nc3ccccc3N3CCOCC3)cc2c1. The number of amides is 1. The lowest BCUT2D eigenvalue weighted by Crippen LogP contribution is -2.36.